The standard InChI is InChI=1S/C14H21N/c1-10(2-3-15)14-7-11-4-12(8-14)6-13(5-11)9-14/h10-13H,2,4-9H2,1H3. The summed E-state index contributed by atoms with van der Waals surface area (Å²) in [5.41, 5.74) is 0.588. The van der Waals surface area contributed by atoms with Crippen LogP contribution in [0.1, 0.15) is 51.9 Å². The van der Waals surface area contributed by atoms with Crippen molar-refractivity contribution in [3.8, 4) is 6.07 Å². The van der Waals surface area contributed by atoms with E-state index >= 15 is 0 Å². The van der Waals surface area contributed by atoms with Crippen LogP contribution in [-0.4, -0.2) is 0 Å². The molecule has 0 aromatic carbocycles. The van der Waals surface area contributed by atoms with E-state index in [0.717, 1.165) is 24.2 Å². The smallest absolute Gasteiger partial charge is 0.0624 e. The van der Waals surface area contributed by atoms with Crippen LogP contribution < -0.4 is 0 Å². The van der Waals surface area contributed by atoms with E-state index in [1.54, 1.807) is 0 Å². The SMILES string of the molecule is CC(CC#N)C12CC3CC(CC(C3)C1)C2. The van der Waals surface area contributed by atoms with Gasteiger partial charge in [0, 0.05) is 6.42 Å². The van der Waals surface area contributed by atoms with Crippen LogP contribution in [0, 0.1) is 40.4 Å². The second-order valence-corrected chi connectivity index (χ2v) is 6.54. The van der Waals surface area contributed by atoms with E-state index in [-0.39, 0.29) is 0 Å². The molecule has 1 heteroatoms. The highest BCUT2D eigenvalue weighted by Gasteiger charge is 2.52. The van der Waals surface area contributed by atoms with Crippen LogP contribution in [0.15, 0.2) is 0 Å². The first-order valence-electron chi connectivity index (χ1n) is 6.59. The van der Waals surface area contributed by atoms with Crippen LogP contribution in [0.5, 0.6) is 0 Å². The fraction of sp³-hybridized carbons (Fsp3) is 0.929. The molecule has 4 aliphatic carbocycles. The van der Waals surface area contributed by atoms with Crippen LogP contribution in [0.25, 0.3) is 0 Å². The van der Waals surface area contributed by atoms with Crippen molar-refractivity contribution in [1.82, 2.24) is 0 Å². The summed E-state index contributed by atoms with van der Waals surface area (Å²) >= 11 is 0. The first kappa shape index (κ1) is 9.70. The number of hydrogen-bond donors (Lipinski definition) is 0. The molecule has 15 heavy (non-hydrogen) atoms. The zero-order valence-corrected chi connectivity index (χ0v) is 9.71. The van der Waals surface area contributed by atoms with E-state index in [1.807, 2.05) is 0 Å². The van der Waals surface area contributed by atoms with E-state index in [4.69, 9.17) is 5.26 Å². The molecule has 0 heterocycles. The molecule has 1 atom stereocenters. The molecule has 0 aliphatic heterocycles. The van der Waals surface area contributed by atoms with E-state index < -0.39 is 0 Å². The maximum absolute atomic E-state index is 8.89. The van der Waals surface area contributed by atoms with Gasteiger partial charge >= 0.3 is 0 Å². The Morgan fingerprint density at radius 1 is 1.13 bits per heavy atom. The minimum atomic E-state index is 0.588. The molecule has 4 bridgehead atoms. The largest absolute Gasteiger partial charge is 0.198 e. The Hall–Kier alpha value is -0.510. The van der Waals surface area contributed by atoms with Crippen LogP contribution in [0.2, 0.25) is 0 Å². The second kappa shape index (κ2) is 3.24. The van der Waals surface area contributed by atoms with Crippen molar-refractivity contribution in [2.75, 3.05) is 0 Å². The molecule has 4 rings (SSSR count). The van der Waals surface area contributed by atoms with E-state index in [9.17, 15) is 0 Å². The Morgan fingerprint density at radius 2 is 1.60 bits per heavy atom. The van der Waals surface area contributed by atoms with Gasteiger partial charge in [0.1, 0.15) is 0 Å². The Morgan fingerprint density at radius 3 is 2.00 bits per heavy atom. The fourth-order valence-electron chi connectivity index (χ4n) is 5.13. The molecule has 0 spiro atoms. The third-order valence-electron chi connectivity index (χ3n) is 5.53. The first-order valence-corrected chi connectivity index (χ1v) is 6.59. The summed E-state index contributed by atoms with van der Waals surface area (Å²) < 4.78 is 0. The van der Waals surface area contributed by atoms with Gasteiger partial charge in [-0.15, -0.1) is 0 Å². The topological polar surface area (TPSA) is 23.8 Å². The van der Waals surface area contributed by atoms with Gasteiger partial charge in [-0.05, 0) is 67.6 Å². The molecular formula is C14H21N. The van der Waals surface area contributed by atoms with Gasteiger partial charge in [-0.2, -0.15) is 5.26 Å². The molecule has 0 radical (unpaired) electrons. The maximum Gasteiger partial charge on any atom is 0.0624 e. The molecular weight excluding hydrogens is 182 g/mol. The molecule has 0 aromatic heterocycles. The maximum atomic E-state index is 8.89. The van der Waals surface area contributed by atoms with Crippen molar-refractivity contribution >= 4 is 0 Å². The van der Waals surface area contributed by atoms with Crippen LogP contribution >= 0.6 is 0 Å². The van der Waals surface area contributed by atoms with Gasteiger partial charge in [-0.3, -0.25) is 0 Å². The molecule has 0 N–H and O–H groups in total. The van der Waals surface area contributed by atoms with Crippen molar-refractivity contribution < 1.29 is 0 Å². The van der Waals surface area contributed by atoms with Crippen LogP contribution in [0.3, 0.4) is 0 Å². The average molecular weight is 203 g/mol. The predicted octanol–water partition coefficient (Wildman–Crippen LogP) is 3.75. The lowest BCUT2D eigenvalue weighted by atomic mass is 9.46. The fourth-order valence-corrected chi connectivity index (χ4v) is 5.13. The highest BCUT2D eigenvalue weighted by Crippen LogP contribution is 2.63. The van der Waals surface area contributed by atoms with Gasteiger partial charge in [-0.25, -0.2) is 0 Å². The lowest BCUT2D eigenvalue weighted by molar-refractivity contribution is -0.0820. The first-order chi connectivity index (χ1) is 7.22. The molecule has 0 saturated heterocycles. The summed E-state index contributed by atoms with van der Waals surface area (Å²) in [6, 6.07) is 2.39. The van der Waals surface area contributed by atoms with Gasteiger partial charge < -0.3 is 0 Å². The van der Waals surface area contributed by atoms with E-state index in [2.05, 4.69) is 13.0 Å². The molecule has 1 unspecified atom stereocenters. The summed E-state index contributed by atoms with van der Waals surface area (Å²) in [5.74, 6) is 3.73. The highest BCUT2D eigenvalue weighted by molar-refractivity contribution is 5.04. The normalized spacial score (nSPS) is 48.9. The average Bonchev–Trinajstić information content (AvgIpc) is 2.15. The Kier molecular flexibility index (Phi) is 2.09. The Balaban J connectivity index is 1.84. The number of nitrogens with zero attached hydrogens (tertiary/aromatic N) is 1. The van der Waals surface area contributed by atoms with E-state index in [0.29, 0.717) is 11.3 Å². The zero-order valence-electron chi connectivity index (χ0n) is 9.71. The molecule has 1 nitrogen and oxygen atoms in total. The number of rotatable bonds is 2. The third kappa shape index (κ3) is 1.41. The summed E-state index contributed by atoms with van der Waals surface area (Å²) in [5, 5.41) is 8.89. The summed E-state index contributed by atoms with van der Waals surface area (Å²) in [7, 11) is 0. The lowest BCUT2D eigenvalue weighted by Gasteiger charge is -2.59. The van der Waals surface area contributed by atoms with Gasteiger partial charge in [-0.1, -0.05) is 6.92 Å². The number of hydrogen-bond acceptors (Lipinski definition) is 1. The lowest BCUT2D eigenvalue weighted by Crippen LogP contribution is -2.48. The molecule has 0 amide bonds. The van der Waals surface area contributed by atoms with Gasteiger partial charge in [0.25, 0.3) is 0 Å². The second-order valence-electron chi connectivity index (χ2n) is 6.54. The molecule has 4 saturated carbocycles. The Bertz CT molecular complexity index is 264. The van der Waals surface area contributed by atoms with Crippen molar-refractivity contribution in [3.63, 3.8) is 0 Å². The molecule has 82 valence electrons. The van der Waals surface area contributed by atoms with E-state index in [1.165, 1.54) is 38.5 Å². The van der Waals surface area contributed by atoms with Crippen molar-refractivity contribution in [1.29, 1.82) is 5.26 Å². The van der Waals surface area contributed by atoms with Crippen molar-refractivity contribution in [3.05, 3.63) is 0 Å². The summed E-state index contributed by atoms with van der Waals surface area (Å²) in [4.78, 5) is 0. The molecule has 4 fully saturated rings. The van der Waals surface area contributed by atoms with Crippen LogP contribution in [0.4, 0.5) is 0 Å². The van der Waals surface area contributed by atoms with Gasteiger partial charge in [0.2, 0.25) is 0 Å². The minimum absolute atomic E-state index is 0.588. The molecule has 4 aliphatic rings. The van der Waals surface area contributed by atoms with Crippen molar-refractivity contribution in [2.45, 2.75) is 51.9 Å². The van der Waals surface area contributed by atoms with Crippen LogP contribution in [-0.2, 0) is 0 Å². The minimum Gasteiger partial charge on any atom is -0.198 e. The Labute approximate surface area is 92.9 Å². The number of nitriles is 1. The quantitative estimate of drug-likeness (QED) is 0.670. The zero-order chi connectivity index (χ0) is 10.5. The van der Waals surface area contributed by atoms with Gasteiger partial charge in [0.15, 0.2) is 0 Å². The third-order valence-corrected chi connectivity index (χ3v) is 5.53. The summed E-state index contributed by atoms with van der Waals surface area (Å²) in [6.45, 7) is 2.33. The van der Waals surface area contributed by atoms with Gasteiger partial charge in [0.05, 0.1) is 6.07 Å². The van der Waals surface area contributed by atoms with Crippen molar-refractivity contribution in [2.24, 2.45) is 29.1 Å². The highest BCUT2D eigenvalue weighted by atomic mass is 14.6. The molecule has 0 aromatic rings. The summed E-state index contributed by atoms with van der Waals surface area (Å²) in [6.07, 6.45) is 9.66. The monoisotopic (exact) mass is 203 g/mol. The predicted molar refractivity (Wildman–Crippen MR) is 60.0 cm³/mol.